The highest BCUT2D eigenvalue weighted by Crippen LogP contribution is 2.38. The molecule has 1 unspecified atom stereocenters. The van der Waals surface area contributed by atoms with Crippen LogP contribution < -0.4 is 0 Å². The fourth-order valence-electron chi connectivity index (χ4n) is 1.67. The number of thioether (sulfide) groups is 1. The van der Waals surface area contributed by atoms with E-state index in [2.05, 4.69) is 20.1 Å². The average molecular weight is 227 g/mol. The van der Waals surface area contributed by atoms with Crippen molar-refractivity contribution < 1.29 is 9.53 Å². The summed E-state index contributed by atoms with van der Waals surface area (Å²) in [7, 11) is 1.36. The third-order valence-electron chi connectivity index (χ3n) is 2.44. The van der Waals surface area contributed by atoms with E-state index in [0.29, 0.717) is 5.69 Å². The number of hydrogen-bond donors (Lipinski definition) is 1. The molecule has 0 radical (unpaired) electrons. The molecular formula is C9H13N3O2S. The summed E-state index contributed by atoms with van der Waals surface area (Å²) >= 11 is 1.83. The normalized spacial score (nSPS) is 21.3. The van der Waals surface area contributed by atoms with Gasteiger partial charge in [-0.25, -0.2) is 4.79 Å². The third-order valence-corrected chi connectivity index (χ3v) is 3.82. The van der Waals surface area contributed by atoms with Crippen molar-refractivity contribution in [3.63, 3.8) is 0 Å². The number of H-pyrrole nitrogens is 1. The zero-order valence-corrected chi connectivity index (χ0v) is 9.34. The Morgan fingerprint density at radius 3 is 3.07 bits per heavy atom. The van der Waals surface area contributed by atoms with Gasteiger partial charge >= 0.3 is 5.97 Å². The molecule has 1 aliphatic rings. The number of nitrogens with zero attached hydrogens (tertiary/aromatic N) is 2. The molecule has 1 aliphatic heterocycles. The highest BCUT2D eigenvalue weighted by molar-refractivity contribution is 7.99. The summed E-state index contributed by atoms with van der Waals surface area (Å²) in [5.41, 5.74) is 1.07. The van der Waals surface area contributed by atoms with E-state index in [9.17, 15) is 4.79 Å². The van der Waals surface area contributed by atoms with Crippen molar-refractivity contribution in [1.82, 2.24) is 15.4 Å². The first-order valence-corrected chi connectivity index (χ1v) is 5.98. The molecule has 0 spiro atoms. The largest absolute Gasteiger partial charge is 0.464 e. The van der Waals surface area contributed by atoms with Gasteiger partial charge in [-0.05, 0) is 18.6 Å². The van der Waals surface area contributed by atoms with Gasteiger partial charge in [0, 0.05) is 0 Å². The average Bonchev–Trinajstić information content (AvgIpc) is 2.78. The number of ether oxygens (including phenoxy) is 1. The minimum absolute atomic E-state index is 0.284. The van der Waals surface area contributed by atoms with Gasteiger partial charge in [0.15, 0.2) is 5.69 Å². The molecule has 1 fully saturated rings. The van der Waals surface area contributed by atoms with Gasteiger partial charge in [0.05, 0.1) is 12.4 Å². The molecule has 6 heteroatoms. The molecule has 1 aromatic heterocycles. The predicted octanol–water partition coefficient (Wildman–Crippen LogP) is 1.55. The second kappa shape index (κ2) is 4.65. The van der Waals surface area contributed by atoms with Crippen LogP contribution in [0.1, 0.15) is 40.7 Å². The lowest BCUT2D eigenvalue weighted by atomic mass is 10.1. The lowest BCUT2D eigenvalue weighted by Crippen LogP contribution is -2.10. The van der Waals surface area contributed by atoms with Crippen LogP contribution in [0.2, 0.25) is 0 Å². The van der Waals surface area contributed by atoms with Crippen LogP contribution in [-0.4, -0.2) is 34.2 Å². The summed E-state index contributed by atoms with van der Waals surface area (Å²) in [6.07, 6.45) is 3.49. The maximum Gasteiger partial charge on any atom is 0.360 e. The van der Waals surface area contributed by atoms with Crippen LogP contribution in [0.4, 0.5) is 0 Å². The fourth-order valence-corrected chi connectivity index (χ4v) is 2.98. The van der Waals surface area contributed by atoms with E-state index >= 15 is 0 Å². The Hall–Kier alpha value is -1.04. The van der Waals surface area contributed by atoms with E-state index in [0.717, 1.165) is 17.9 Å². The summed E-state index contributed by atoms with van der Waals surface area (Å²) < 4.78 is 4.66. The molecule has 0 aliphatic carbocycles. The number of rotatable bonds is 2. The molecule has 15 heavy (non-hydrogen) atoms. The van der Waals surface area contributed by atoms with Gasteiger partial charge in [-0.1, -0.05) is 6.42 Å². The van der Waals surface area contributed by atoms with E-state index in [1.54, 1.807) is 0 Å². The molecule has 5 nitrogen and oxygen atoms in total. The van der Waals surface area contributed by atoms with Crippen LogP contribution in [0, 0.1) is 0 Å². The van der Waals surface area contributed by atoms with Crippen molar-refractivity contribution in [2.45, 2.75) is 24.5 Å². The molecular weight excluding hydrogens is 214 g/mol. The Labute approximate surface area is 92.0 Å². The van der Waals surface area contributed by atoms with Crippen LogP contribution in [0.15, 0.2) is 0 Å². The molecule has 0 bridgehead atoms. The molecule has 0 amide bonds. The Morgan fingerprint density at radius 2 is 2.40 bits per heavy atom. The minimum atomic E-state index is -0.412. The second-order valence-corrected chi connectivity index (χ2v) is 4.71. The number of nitrogens with one attached hydrogen (secondary N) is 1. The molecule has 1 atom stereocenters. The summed E-state index contributed by atoms with van der Waals surface area (Å²) in [5.74, 6) is 0.711. The molecule has 1 N–H and O–H groups in total. The van der Waals surface area contributed by atoms with Crippen LogP contribution in [0.25, 0.3) is 0 Å². The summed E-state index contributed by atoms with van der Waals surface area (Å²) in [6, 6.07) is 0. The lowest BCUT2D eigenvalue weighted by molar-refractivity contribution is 0.0592. The first kappa shape index (κ1) is 10.5. The number of carbonyl (C=O) groups is 1. The van der Waals surface area contributed by atoms with Gasteiger partial charge in [-0.3, -0.25) is 0 Å². The van der Waals surface area contributed by atoms with Crippen LogP contribution in [0.5, 0.6) is 0 Å². The Bertz CT molecular complexity index is 347. The van der Waals surface area contributed by atoms with Crippen molar-refractivity contribution in [3.8, 4) is 0 Å². The van der Waals surface area contributed by atoms with Gasteiger partial charge in [-0.2, -0.15) is 22.1 Å². The van der Waals surface area contributed by atoms with Crippen molar-refractivity contribution in [2.75, 3.05) is 12.9 Å². The SMILES string of the molecule is COC(=O)c1n[nH]nc1C1CCCCS1. The van der Waals surface area contributed by atoms with E-state index < -0.39 is 5.97 Å². The molecule has 1 aromatic rings. The summed E-state index contributed by atoms with van der Waals surface area (Å²) in [6.45, 7) is 0. The van der Waals surface area contributed by atoms with Crippen LogP contribution in [0.3, 0.4) is 0 Å². The van der Waals surface area contributed by atoms with Gasteiger partial charge < -0.3 is 4.74 Å². The number of hydrogen-bond acceptors (Lipinski definition) is 5. The predicted molar refractivity (Wildman–Crippen MR) is 56.8 cm³/mol. The Morgan fingerprint density at radius 1 is 1.53 bits per heavy atom. The van der Waals surface area contributed by atoms with E-state index in [-0.39, 0.29) is 5.25 Å². The number of aromatic nitrogens is 3. The number of esters is 1. The lowest BCUT2D eigenvalue weighted by Gasteiger charge is -2.19. The summed E-state index contributed by atoms with van der Waals surface area (Å²) in [4.78, 5) is 11.4. The Kier molecular flexibility index (Phi) is 3.25. The molecule has 0 saturated carbocycles. The number of aromatic amines is 1. The second-order valence-electron chi connectivity index (χ2n) is 3.40. The smallest absolute Gasteiger partial charge is 0.360 e. The highest BCUT2D eigenvalue weighted by Gasteiger charge is 2.26. The quantitative estimate of drug-likeness (QED) is 0.776. The van der Waals surface area contributed by atoms with E-state index in [1.807, 2.05) is 11.8 Å². The molecule has 2 heterocycles. The Balaban J connectivity index is 2.19. The molecule has 0 aromatic carbocycles. The van der Waals surface area contributed by atoms with Crippen LogP contribution >= 0.6 is 11.8 Å². The molecule has 82 valence electrons. The topological polar surface area (TPSA) is 67.9 Å². The first-order chi connectivity index (χ1) is 7.33. The molecule has 1 saturated heterocycles. The highest BCUT2D eigenvalue weighted by atomic mass is 32.2. The maximum atomic E-state index is 11.4. The van der Waals surface area contributed by atoms with Gasteiger partial charge in [0.1, 0.15) is 5.69 Å². The first-order valence-electron chi connectivity index (χ1n) is 4.93. The van der Waals surface area contributed by atoms with E-state index in [4.69, 9.17) is 0 Å². The van der Waals surface area contributed by atoms with Gasteiger partial charge in [0.2, 0.25) is 0 Å². The fraction of sp³-hybridized carbons (Fsp3) is 0.667. The number of carbonyl (C=O) groups excluding carboxylic acids is 1. The van der Waals surface area contributed by atoms with Crippen molar-refractivity contribution in [2.24, 2.45) is 0 Å². The van der Waals surface area contributed by atoms with Crippen molar-refractivity contribution in [1.29, 1.82) is 0 Å². The van der Waals surface area contributed by atoms with E-state index in [1.165, 1.54) is 20.0 Å². The molecule has 2 rings (SSSR count). The van der Waals surface area contributed by atoms with Crippen molar-refractivity contribution in [3.05, 3.63) is 11.4 Å². The monoisotopic (exact) mass is 227 g/mol. The zero-order valence-electron chi connectivity index (χ0n) is 8.52. The zero-order chi connectivity index (χ0) is 10.7. The standard InChI is InChI=1S/C9H13N3O2S/c1-14-9(13)8-7(10-12-11-8)6-4-2-3-5-15-6/h6H,2-5H2,1H3,(H,10,11,12). The van der Waals surface area contributed by atoms with Gasteiger partial charge in [-0.15, -0.1) is 5.10 Å². The summed E-state index contributed by atoms with van der Waals surface area (Å²) in [5, 5.41) is 10.7. The number of methoxy groups -OCH3 is 1. The third kappa shape index (κ3) is 2.14. The van der Waals surface area contributed by atoms with Crippen molar-refractivity contribution >= 4 is 17.7 Å². The maximum absolute atomic E-state index is 11.4. The van der Waals surface area contributed by atoms with Crippen LogP contribution in [-0.2, 0) is 4.74 Å². The van der Waals surface area contributed by atoms with Gasteiger partial charge in [0.25, 0.3) is 0 Å². The minimum Gasteiger partial charge on any atom is -0.464 e.